The van der Waals surface area contributed by atoms with Gasteiger partial charge in [0.1, 0.15) is 5.60 Å². The number of alkyl carbamates (subject to hydrolysis) is 1. The number of carbonyl (C=O) groups excluding carboxylic acids is 1. The van der Waals surface area contributed by atoms with Crippen molar-refractivity contribution < 1.29 is 22.7 Å². The number of hydrogen-bond acceptors (Lipinski definition) is 3. The molecule has 132 valence electrons. The van der Waals surface area contributed by atoms with Gasteiger partial charge >= 0.3 is 6.09 Å². The molecule has 0 saturated heterocycles. The SMILES string of the molecule is CC(C)(C)OC(=O)N[C@H](CO[Si](C)(C)C(C)(C)C)CC(F)F. The van der Waals surface area contributed by atoms with E-state index in [1.807, 2.05) is 13.1 Å². The zero-order valence-electron chi connectivity index (χ0n) is 15.0. The van der Waals surface area contributed by atoms with Gasteiger partial charge in [-0.2, -0.15) is 0 Å². The summed E-state index contributed by atoms with van der Waals surface area (Å²) in [6, 6.07) is -0.760. The van der Waals surface area contributed by atoms with Crippen LogP contribution >= 0.6 is 0 Å². The molecule has 1 N–H and O–H groups in total. The highest BCUT2D eigenvalue weighted by molar-refractivity contribution is 6.74. The third-order valence-electron chi connectivity index (χ3n) is 3.64. The number of hydrogen-bond donors (Lipinski definition) is 1. The lowest BCUT2D eigenvalue weighted by Gasteiger charge is -2.37. The van der Waals surface area contributed by atoms with Crippen molar-refractivity contribution in [1.82, 2.24) is 5.32 Å². The summed E-state index contributed by atoms with van der Waals surface area (Å²) in [6.07, 6.45) is -3.66. The molecule has 0 bridgehead atoms. The standard InChI is InChI=1S/C15H31F2NO3Si/c1-14(2,3)21-13(19)18-11(9-12(16)17)10-20-22(7,8)15(4,5)6/h11-12H,9-10H2,1-8H3,(H,18,19)/t11-/m0/s1. The Bertz CT molecular complexity index is 363. The second-order valence-corrected chi connectivity index (χ2v) is 12.9. The summed E-state index contributed by atoms with van der Waals surface area (Å²) < 4.78 is 36.4. The van der Waals surface area contributed by atoms with Crippen LogP contribution in [0.25, 0.3) is 0 Å². The Morgan fingerprint density at radius 1 is 1.14 bits per heavy atom. The van der Waals surface area contributed by atoms with Crippen LogP contribution in [0, 0.1) is 0 Å². The number of nitrogens with one attached hydrogen (secondary N) is 1. The lowest BCUT2D eigenvalue weighted by Crippen LogP contribution is -2.47. The molecule has 0 aliphatic heterocycles. The lowest BCUT2D eigenvalue weighted by molar-refractivity contribution is 0.0438. The minimum absolute atomic E-state index is 0.0195. The molecule has 0 fully saturated rings. The number of carbonyl (C=O) groups is 1. The van der Waals surface area contributed by atoms with Gasteiger partial charge in [-0.15, -0.1) is 0 Å². The van der Waals surface area contributed by atoms with Crippen molar-refractivity contribution in [3.05, 3.63) is 0 Å². The summed E-state index contributed by atoms with van der Waals surface area (Å²) in [5, 5.41) is 2.47. The van der Waals surface area contributed by atoms with E-state index in [-0.39, 0.29) is 11.6 Å². The molecule has 0 spiro atoms. The van der Waals surface area contributed by atoms with E-state index in [1.54, 1.807) is 20.8 Å². The van der Waals surface area contributed by atoms with Crippen LogP contribution in [0.5, 0.6) is 0 Å². The minimum Gasteiger partial charge on any atom is -0.444 e. The molecule has 0 radical (unpaired) electrons. The maximum Gasteiger partial charge on any atom is 0.407 e. The molecular formula is C15H31F2NO3Si. The van der Waals surface area contributed by atoms with Crippen molar-refractivity contribution in [2.45, 2.75) is 84.2 Å². The third-order valence-corrected chi connectivity index (χ3v) is 8.14. The molecule has 7 heteroatoms. The van der Waals surface area contributed by atoms with Gasteiger partial charge in [-0.25, -0.2) is 13.6 Å². The molecule has 0 saturated carbocycles. The van der Waals surface area contributed by atoms with Crippen molar-refractivity contribution in [2.75, 3.05) is 6.61 Å². The first-order valence-corrected chi connectivity index (χ1v) is 10.5. The van der Waals surface area contributed by atoms with Gasteiger partial charge in [0.25, 0.3) is 0 Å². The second-order valence-electron chi connectivity index (χ2n) is 8.04. The molecule has 0 aliphatic carbocycles. The summed E-state index contributed by atoms with van der Waals surface area (Å²) in [5.74, 6) is 0. The molecule has 1 amide bonds. The van der Waals surface area contributed by atoms with Crippen molar-refractivity contribution >= 4 is 14.4 Å². The number of alkyl halides is 2. The number of ether oxygens (including phenoxy) is 1. The number of rotatable bonds is 6. The van der Waals surface area contributed by atoms with Crippen LogP contribution in [0.2, 0.25) is 18.1 Å². The molecule has 0 rings (SSSR count). The molecule has 0 aromatic carbocycles. The minimum atomic E-state index is -2.51. The predicted octanol–water partition coefficient (Wildman–Crippen LogP) is 4.56. The molecule has 0 aromatic rings. The van der Waals surface area contributed by atoms with Gasteiger partial charge in [0.05, 0.1) is 12.6 Å². The fourth-order valence-electron chi connectivity index (χ4n) is 1.38. The van der Waals surface area contributed by atoms with E-state index in [2.05, 4.69) is 26.1 Å². The first-order chi connectivity index (χ1) is 9.64. The number of halogens is 2. The van der Waals surface area contributed by atoms with Crippen LogP contribution in [0.4, 0.5) is 13.6 Å². The average molecular weight is 339 g/mol. The van der Waals surface area contributed by atoms with E-state index in [0.29, 0.717) is 0 Å². The highest BCUT2D eigenvalue weighted by atomic mass is 28.4. The Balaban J connectivity index is 4.70. The Morgan fingerprint density at radius 2 is 1.64 bits per heavy atom. The van der Waals surface area contributed by atoms with Crippen molar-refractivity contribution in [3.8, 4) is 0 Å². The van der Waals surface area contributed by atoms with Gasteiger partial charge in [-0.3, -0.25) is 0 Å². The lowest BCUT2D eigenvalue weighted by atomic mass is 10.2. The smallest absolute Gasteiger partial charge is 0.407 e. The molecule has 0 unspecified atom stereocenters. The van der Waals surface area contributed by atoms with Crippen LogP contribution in [0.3, 0.4) is 0 Å². The van der Waals surface area contributed by atoms with Crippen LogP contribution in [-0.4, -0.2) is 39.1 Å². The maximum absolute atomic E-state index is 12.7. The van der Waals surface area contributed by atoms with Gasteiger partial charge in [0, 0.05) is 6.42 Å². The monoisotopic (exact) mass is 339 g/mol. The molecule has 0 aromatic heterocycles. The fraction of sp³-hybridized carbons (Fsp3) is 0.933. The van der Waals surface area contributed by atoms with E-state index in [9.17, 15) is 13.6 Å². The fourth-order valence-corrected chi connectivity index (χ4v) is 2.43. The summed E-state index contributed by atoms with van der Waals surface area (Å²) in [6.45, 7) is 15.5. The molecule has 0 heterocycles. The van der Waals surface area contributed by atoms with Crippen LogP contribution < -0.4 is 5.32 Å². The summed E-state index contributed by atoms with van der Waals surface area (Å²) in [4.78, 5) is 11.7. The first kappa shape index (κ1) is 21.3. The molecule has 4 nitrogen and oxygen atoms in total. The van der Waals surface area contributed by atoms with Gasteiger partial charge < -0.3 is 14.5 Å². The van der Waals surface area contributed by atoms with E-state index >= 15 is 0 Å². The van der Waals surface area contributed by atoms with Crippen molar-refractivity contribution in [2.24, 2.45) is 0 Å². The Kier molecular flexibility index (Phi) is 7.48. The highest BCUT2D eigenvalue weighted by Gasteiger charge is 2.38. The van der Waals surface area contributed by atoms with E-state index in [4.69, 9.17) is 9.16 Å². The van der Waals surface area contributed by atoms with E-state index in [0.717, 1.165) is 0 Å². The maximum atomic E-state index is 12.7. The number of amides is 1. The summed E-state index contributed by atoms with van der Waals surface area (Å²) in [5.41, 5.74) is -0.667. The van der Waals surface area contributed by atoms with Gasteiger partial charge in [-0.05, 0) is 38.9 Å². The van der Waals surface area contributed by atoms with Gasteiger partial charge in [-0.1, -0.05) is 20.8 Å². The van der Waals surface area contributed by atoms with Crippen LogP contribution in [0.1, 0.15) is 48.0 Å². The average Bonchev–Trinajstić information content (AvgIpc) is 2.20. The zero-order valence-corrected chi connectivity index (χ0v) is 16.0. The van der Waals surface area contributed by atoms with Crippen LogP contribution in [0.15, 0.2) is 0 Å². The third kappa shape index (κ3) is 8.68. The topological polar surface area (TPSA) is 47.6 Å². The van der Waals surface area contributed by atoms with Gasteiger partial charge in [0.2, 0.25) is 6.43 Å². The van der Waals surface area contributed by atoms with Crippen molar-refractivity contribution in [3.63, 3.8) is 0 Å². The predicted molar refractivity (Wildman–Crippen MR) is 86.9 cm³/mol. The normalized spacial score (nSPS) is 14.9. The second kappa shape index (κ2) is 7.72. The van der Waals surface area contributed by atoms with Crippen LogP contribution in [-0.2, 0) is 9.16 Å². The Hall–Kier alpha value is -0.693. The highest BCUT2D eigenvalue weighted by Crippen LogP contribution is 2.36. The molecular weight excluding hydrogens is 308 g/mol. The summed E-state index contributed by atoms with van der Waals surface area (Å²) >= 11 is 0. The zero-order chi connectivity index (χ0) is 17.8. The molecule has 22 heavy (non-hydrogen) atoms. The summed E-state index contributed by atoms with van der Waals surface area (Å²) in [7, 11) is -2.05. The van der Waals surface area contributed by atoms with E-state index in [1.165, 1.54) is 0 Å². The quantitative estimate of drug-likeness (QED) is 0.722. The Morgan fingerprint density at radius 3 is 2.00 bits per heavy atom. The first-order valence-electron chi connectivity index (χ1n) is 7.56. The Labute approximate surface area is 134 Å². The molecule has 1 atom stereocenters. The van der Waals surface area contributed by atoms with E-state index < -0.39 is 38.9 Å². The largest absolute Gasteiger partial charge is 0.444 e. The van der Waals surface area contributed by atoms with Crippen molar-refractivity contribution in [1.29, 1.82) is 0 Å². The molecule has 0 aliphatic rings. The van der Waals surface area contributed by atoms with Gasteiger partial charge in [0.15, 0.2) is 8.32 Å².